The number of amides is 3. The molecule has 2 aliphatic rings. The third kappa shape index (κ3) is 4.93. The van der Waals surface area contributed by atoms with Crippen molar-refractivity contribution >= 4 is 17.9 Å². The highest BCUT2D eigenvalue weighted by Crippen LogP contribution is 2.50. The van der Waals surface area contributed by atoms with Crippen LogP contribution in [-0.2, 0) is 14.3 Å². The van der Waals surface area contributed by atoms with Crippen molar-refractivity contribution in [3.05, 3.63) is 12.7 Å². The Bertz CT molecular complexity index is 677. The Kier molecular flexibility index (Phi) is 6.40. The summed E-state index contributed by atoms with van der Waals surface area (Å²) in [6, 6.07) is -0.160. The van der Waals surface area contributed by atoms with E-state index >= 15 is 0 Å². The molecule has 29 heavy (non-hydrogen) atoms. The number of rotatable bonds is 4. The van der Waals surface area contributed by atoms with E-state index < -0.39 is 16.7 Å². The smallest absolute Gasteiger partial charge is 0.410 e. The fourth-order valence-electron chi connectivity index (χ4n) is 4.83. The molecule has 7 nitrogen and oxygen atoms in total. The van der Waals surface area contributed by atoms with Gasteiger partial charge in [-0.05, 0) is 66.7 Å². The third-order valence-electron chi connectivity index (χ3n) is 5.63. The topological polar surface area (TPSA) is 87.7 Å². The van der Waals surface area contributed by atoms with Gasteiger partial charge in [0.2, 0.25) is 11.8 Å². The Balaban J connectivity index is 2.43. The number of nitrogens with one attached hydrogen (secondary N) is 2. The van der Waals surface area contributed by atoms with Gasteiger partial charge in [0.05, 0.1) is 0 Å². The van der Waals surface area contributed by atoms with Gasteiger partial charge >= 0.3 is 6.09 Å². The second-order valence-electron chi connectivity index (χ2n) is 10.3. The second kappa shape index (κ2) is 8.00. The molecule has 0 aromatic carbocycles. The Morgan fingerprint density at radius 3 is 2.31 bits per heavy atom. The van der Waals surface area contributed by atoms with Gasteiger partial charge in [-0.15, -0.1) is 6.58 Å². The number of carbonyl (C=O) groups is 3. The van der Waals surface area contributed by atoms with Crippen LogP contribution >= 0.6 is 0 Å². The number of ether oxygens (including phenoxy) is 1. The van der Waals surface area contributed by atoms with Gasteiger partial charge in [0.25, 0.3) is 0 Å². The molecule has 1 aliphatic carbocycles. The van der Waals surface area contributed by atoms with Crippen LogP contribution < -0.4 is 10.6 Å². The lowest BCUT2D eigenvalue weighted by molar-refractivity contribution is -0.137. The van der Waals surface area contributed by atoms with E-state index in [9.17, 15) is 14.4 Å². The Labute approximate surface area is 174 Å². The van der Waals surface area contributed by atoms with Crippen LogP contribution in [0.1, 0.15) is 67.7 Å². The first-order chi connectivity index (χ1) is 13.2. The van der Waals surface area contributed by atoms with E-state index in [1.165, 1.54) is 6.92 Å². The standard InChI is InChI=1S/C22H37N3O4/c1-9-10-15-13-17-16(11-12-25(17)19(28)29-21(6,7)8)22(15,23-14(2)26)18(27)24-20(3,4)5/h9,15-17H,1,10-13H2,2-8H3,(H,23,26)(H,24,27)/t15-,16-,17?,22?/m1/s1. The molecule has 1 heterocycles. The molecule has 2 rings (SSSR count). The molecule has 0 spiro atoms. The molecule has 0 aromatic rings. The largest absolute Gasteiger partial charge is 0.444 e. The first-order valence-corrected chi connectivity index (χ1v) is 10.4. The van der Waals surface area contributed by atoms with Crippen LogP contribution in [0.25, 0.3) is 0 Å². The van der Waals surface area contributed by atoms with E-state index in [-0.39, 0.29) is 35.8 Å². The van der Waals surface area contributed by atoms with Crippen LogP contribution in [0.5, 0.6) is 0 Å². The minimum Gasteiger partial charge on any atom is -0.444 e. The molecule has 7 heteroatoms. The molecule has 1 saturated heterocycles. The lowest BCUT2D eigenvalue weighted by atomic mass is 9.76. The third-order valence-corrected chi connectivity index (χ3v) is 5.63. The Morgan fingerprint density at radius 1 is 1.21 bits per heavy atom. The summed E-state index contributed by atoms with van der Waals surface area (Å²) in [5.74, 6) is -0.761. The predicted molar refractivity (Wildman–Crippen MR) is 112 cm³/mol. The Hall–Kier alpha value is -2.05. The van der Waals surface area contributed by atoms with E-state index in [0.29, 0.717) is 25.8 Å². The van der Waals surface area contributed by atoms with Gasteiger partial charge in [-0.1, -0.05) is 6.08 Å². The summed E-state index contributed by atoms with van der Waals surface area (Å²) in [5.41, 5.74) is -2.11. The lowest BCUT2D eigenvalue weighted by Crippen LogP contribution is -2.66. The number of hydrogen-bond donors (Lipinski definition) is 2. The first-order valence-electron chi connectivity index (χ1n) is 10.4. The van der Waals surface area contributed by atoms with Crippen molar-refractivity contribution in [2.24, 2.45) is 11.8 Å². The number of allylic oxidation sites excluding steroid dienone is 1. The lowest BCUT2D eigenvalue weighted by Gasteiger charge is -2.40. The zero-order chi connectivity index (χ0) is 22.2. The molecular weight excluding hydrogens is 370 g/mol. The molecular formula is C22H37N3O4. The summed E-state index contributed by atoms with van der Waals surface area (Å²) < 4.78 is 5.59. The van der Waals surface area contributed by atoms with Crippen LogP contribution in [0, 0.1) is 11.8 Å². The van der Waals surface area contributed by atoms with Crippen molar-refractivity contribution in [3.63, 3.8) is 0 Å². The number of hydrogen-bond acceptors (Lipinski definition) is 4. The Morgan fingerprint density at radius 2 is 1.83 bits per heavy atom. The number of fused-ring (bicyclic) bond motifs is 1. The molecule has 2 unspecified atom stereocenters. The molecule has 0 aromatic heterocycles. The highest BCUT2D eigenvalue weighted by atomic mass is 16.6. The van der Waals surface area contributed by atoms with Gasteiger partial charge < -0.3 is 20.3 Å². The fourth-order valence-corrected chi connectivity index (χ4v) is 4.83. The fraction of sp³-hybridized carbons (Fsp3) is 0.773. The van der Waals surface area contributed by atoms with Gasteiger partial charge in [-0.25, -0.2) is 4.79 Å². The van der Waals surface area contributed by atoms with Gasteiger partial charge in [0.1, 0.15) is 11.1 Å². The summed E-state index contributed by atoms with van der Waals surface area (Å²) in [6.45, 7) is 17.1. The summed E-state index contributed by atoms with van der Waals surface area (Å²) >= 11 is 0. The van der Waals surface area contributed by atoms with Gasteiger partial charge in [0.15, 0.2) is 0 Å². The molecule has 2 N–H and O–H groups in total. The quantitative estimate of drug-likeness (QED) is 0.701. The highest BCUT2D eigenvalue weighted by Gasteiger charge is 2.63. The van der Waals surface area contributed by atoms with Crippen LogP contribution in [0.4, 0.5) is 4.79 Å². The van der Waals surface area contributed by atoms with E-state index in [0.717, 1.165) is 0 Å². The summed E-state index contributed by atoms with van der Waals surface area (Å²) in [7, 11) is 0. The van der Waals surface area contributed by atoms with E-state index in [1.54, 1.807) is 11.0 Å². The molecule has 0 radical (unpaired) electrons. The van der Waals surface area contributed by atoms with Gasteiger partial charge in [-0.3, -0.25) is 9.59 Å². The molecule has 3 amide bonds. The van der Waals surface area contributed by atoms with Crippen molar-refractivity contribution < 1.29 is 19.1 Å². The minimum absolute atomic E-state index is 0.147. The molecule has 0 bridgehead atoms. The zero-order valence-corrected chi connectivity index (χ0v) is 18.9. The SMILES string of the molecule is C=CC[C@@H]1CC2[C@@H](CCN2C(=O)OC(C)(C)C)C1(NC(C)=O)C(=O)NC(C)(C)C. The maximum atomic E-state index is 13.6. The van der Waals surface area contributed by atoms with Gasteiger partial charge in [0, 0.05) is 31.0 Å². The molecule has 4 atom stereocenters. The van der Waals surface area contributed by atoms with Crippen molar-refractivity contribution in [1.29, 1.82) is 0 Å². The molecule has 2 fully saturated rings. The number of carbonyl (C=O) groups excluding carboxylic acids is 3. The van der Waals surface area contributed by atoms with Gasteiger partial charge in [-0.2, -0.15) is 0 Å². The maximum Gasteiger partial charge on any atom is 0.410 e. The van der Waals surface area contributed by atoms with Crippen molar-refractivity contribution in [2.45, 2.75) is 90.4 Å². The molecule has 1 saturated carbocycles. The van der Waals surface area contributed by atoms with Crippen LogP contribution in [0.15, 0.2) is 12.7 Å². The van der Waals surface area contributed by atoms with Crippen LogP contribution in [0.3, 0.4) is 0 Å². The normalized spacial score (nSPS) is 29.2. The van der Waals surface area contributed by atoms with E-state index in [4.69, 9.17) is 4.74 Å². The zero-order valence-electron chi connectivity index (χ0n) is 18.9. The van der Waals surface area contributed by atoms with E-state index in [2.05, 4.69) is 17.2 Å². The monoisotopic (exact) mass is 407 g/mol. The van der Waals surface area contributed by atoms with Crippen LogP contribution in [0.2, 0.25) is 0 Å². The number of nitrogens with zero attached hydrogens (tertiary/aromatic N) is 1. The second-order valence-corrected chi connectivity index (χ2v) is 10.3. The summed E-state index contributed by atoms with van der Waals surface area (Å²) in [5, 5.41) is 6.08. The first kappa shape index (κ1) is 23.2. The number of likely N-dealkylation sites (tertiary alicyclic amines) is 1. The average Bonchev–Trinajstić information content (AvgIpc) is 3.03. The molecule has 164 valence electrons. The van der Waals surface area contributed by atoms with Crippen molar-refractivity contribution in [1.82, 2.24) is 15.5 Å². The summed E-state index contributed by atoms with van der Waals surface area (Å²) in [6.07, 6.45) is 3.25. The maximum absolute atomic E-state index is 13.6. The predicted octanol–water partition coefficient (Wildman–Crippen LogP) is 3.00. The highest BCUT2D eigenvalue weighted by molar-refractivity contribution is 5.93. The van der Waals surface area contributed by atoms with E-state index in [1.807, 2.05) is 41.5 Å². The average molecular weight is 408 g/mol. The van der Waals surface area contributed by atoms with Crippen LogP contribution in [-0.4, -0.2) is 52.1 Å². The molecule has 1 aliphatic heterocycles. The van der Waals surface area contributed by atoms with Crippen molar-refractivity contribution in [3.8, 4) is 0 Å². The minimum atomic E-state index is -1.07. The van der Waals surface area contributed by atoms with Crippen molar-refractivity contribution in [2.75, 3.05) is 6.54 Å². The summed E-state index contributed by atoms with van der Waals surface area (Å²) in [4.78, 5) is 40.3.